The van der Waals surface area contributed by atoms with Gasteiger partial charge < -0.3 is 15.5 Å². The zero-order chi connectivity index (χ0) is 23.5. The quantitative estimate of drug-likeness (QED) is 0.462. The van der Waals surface area contributed by atoms with Gasteiger partial charge in [0.15, 0.2) is 0 Å². The molecule has 2 aliphatic rings. The first-order valence-electron chi connectivity index (χ1n) is 11.9. The molecule has 1 fully saturated rings. The van der Waals surface area contributed by atoms with Gasteiger partial charge in [-0.05, 0) is 74.7 Å². The summed E-state index contributed by atoms with van der Waals surface area (Å²) in [4.78, 5) is 11.7. The van der Waals surface area contributed by atoms with Crippen LogP contribution < -0.4 is 10.6 Å². The van der Waals surface area contributed by atoms with Crippen LogP contribution in [0.15, 0.2) is 49.3 Å². The van der Waals surface area contributed by atoms with Crippen LogP contribution in [0.4, 0.5) is 10.2 Å². The minimum atomic E-state index is -0.346. The molecule has 0 saturated carbocycles. The molecule has 0 radical (unpaired) electrons. The molecule has 2 aromatic heterocycles. The third-order valence-corrected chi connectivity index (χ3v) is 6.82. The van der Waals surface area contributed by atoms with E-state index >= 15 is 0 Å². The van der Waals surface area contributed by atoms with Crippen LogP contribution in [0, 0.1) is 5.82 Å². The second kappa shape index (κ2) is 10.1. The number of halogens is 2. The SMILES string of the molecule is C=C(NCCN1CCCC1)c1cncc(-c2cc(-c3cc(Cl)ccc3F)nc3c2CCCN3)c1. The Morgan fingerprint density at radius 3 is 2.82 bits per heavy atom. The van der Waals surface area contributed by atoms with Crippen LogP contribution in [0.1, 0.15) is 30.4 Å². The Bertz CT molecular complexity index is 1210. The van der Waals surface area contributed by atoms with Gasteiger partial charge in [-0.25, -0.2) is 9.37 Å². The number of hydrogen-bond donors (Lipinski definition) is 2. The van der Waals surface area contributed by atoms with Gasteiger partial charge in [0.2, 0.25) is 0 Å². The van der Waals surface area contributed by atoms with Crippen LogP contribution >= 0.6 is 11.6 Å². The molecule has 4 heterocycles. The topological polar surface area (TPSA) is 53.1 Å². The number of nitrogens with zero attached hydrogens (tertiary/aromatic N) is 3. The van der Waals surface area contributed by atoms with E-state index in [1.165, 1.54) is 32.0 Å². The minimum Gasteiger partial charge on any atom is -0.384 e. The molecule has 2 aliphatic heterocycles. The Labute approximate surface area is 205 Å². The lowest BCUT2D eigenvalue weighted by Crippen LogP contribution is -2.29. The Morgan fingerprint density at radius 2 is 1.97 bits per heavy atom. The summed E-state index contributed by atoms with van der Waals surface area (Å²) in [5.74, 6) is 0.451. The number of benzene rings is 1. The monoisotopic (exact) mass is 477 g/mol. The highest BCUT2D eigenvalue weighted by molar-refractivity contribution is 6.30. The molecule has 0 amide bonds. The van der Waals surface area contributed by atoms with Crippen molar-refractivity contribution in [2.24, 2.45) is 0 Å². The molecular formula is C27H29ClFN5. The van der Waals surface area contributed by atoms with Gasteiger partial charge in [0.25, 0.3) is 0 Å². The normalized spacial score (nSPS) is 15.6. The van der Waals surface area contributed by atoms with Crippen molar-refractivity contribution in [1.82, 2.24) is 20.2 Å². The van der Waals surface area contributed by atoms with Crippen molar-refractivity contribution in [3.8, 4) is 22.4 Å². The zero-order valence-corrected chi connectivity index (χ0v) is 20.0. The molecule has 0 atom stereocenters. The first kappa shape index (κ1) is 22.8. The molecular weight excluding hydrogens is 449 g/mol. The highest BCUT2D eigenvalue weighted by Gasteiger charge is 2.20. The van der Waals surface area contributed by atoms with Crippen LogP contribution in [0.3, 0.4) is 0 Å². The number of fused-ring (bicyclic) bond motifs is 1. The molecule has 0 aliphatic carbocycles. The molecule has 7 heteroatoms. The molecule has 34 heavy (non-hydrogen) atoms. The van der Waals surface area contributed by atoms with Crippen molar-refractivity contribution >= 4 is 23.1 Å². The first-order valence-corrected chi connectivity index (χ1v) is 12.3. The summed E-state index contributed by atoms with van der Waals surface area (Å²) in [5.41, 5.74) is 5.84. The largest absolute Gasteiger partial charge is 0.384 e. The molecule has 0 spiro atoms. The lowest BCUT2D eigenvalue weighted by Gasteiger charge is -2.22. The van der Waals surface area contributed by atoms with Crippen molar-refractivity contribution in [2.75, 3.05) is 38.0 Å². The van der Waals surface area contributed by atoms with Crippen LogP contribution in [-0.4, -0.2) is 47.6 Å². The summed E-state index contributed by atoms with van der Waals surface area (Å²) in [6.07, 6.45) is 8.19. The number of aromatic nitrogens is 2. The van der Waals surface area contributed by atoms with E-state index < -0.39 is 0 Å². The average molecular weight is 478 g/mol. The van der Waals surface area contributed by atoms with Gasteiger partial charge in [-0.3, -0.25) is 4.98 Å². The molecule has 2 N–H and O–H groups in total. The Morgan fingerprint density at radius 1 is 1.12 bits per heavy atom. The van der Waals surface area contributed by atoms with E-state index in [2.05, 4.69) is 33.2 Å². The van der Waals surface area contributed by atoms with Crippen LogP contribution in [0.2, 0.25) is 5.02 Å². The van der Waals surface area contributed by atoms with Crippen LogP contribution in [0.25, 0.3) is 28.1 Å². The van der Waals surface area contributed by atoms with Gasteiger partial charge in [-0.15, -0.1) is 0 Å². The molecule has 5 nitrogen and oxygen atoms in total. The number of hydrogen-bond acceptors (Lipinski definition) is 5. The summed E-state index contributed by atoms with van der Waals surface area (Å²) >= 11 is 6.17. The van der Waals surface area contributed by atoms with E-state index in [1.807, 2.05) is 18.5 Å². The van der Waals surface area contributed by atoms with E-state index in [4.69, 9.17) is 16.6 Å². The molecule has 0 bridgehead atoms. The predicted octanol–water partition coefficient (Wildman–Crippen LogP) is 5.62. The first-order chi connectivity index (χ1) is 16.6. The average Bonchev–Trinajstić information content (AvgIpc) is 3.38. The van der Waals surface area contributed by atoms with Crippen molar-refractivity contribution in [1.29, 1.82) is 0 Å². The van der Waals surface area contributed by atoms with Gasteiger partial charge in [-0.1, -0.05) is 18.2 Å². The summed E-state index contributed by atoms with van der Waals surface area (Å²) in [6.45, 7) is 9.32. The fraction of sp³-hybridized carbons (Fsp3) is 0.333. The fourth-order valence-corrected chi connectivity index (χ4v) is 4.93. The zero-order valence-electron chi connectivity index (χ0n) is 19.2. The summed E-state index contributed by atoms with van der Waals surface area (Å²) < 4.78 is 14.7. The van der Waals surface area contributed by atoms with Crippen molar-refractivity contribution in [2.45, 2.75) is 25.7 Å². The summed E-state index contributed by atoms with van der Waals surface area (Å²) in [5, 5.41) is 7.32. The van der Waals surface area contributed by atoms with E-state index in [-0.39, 0.29) is 5.82 Å². The number of anilines is 1. The van der Waals surface area contributed by atoms with Crippen LogP contribution in [0.5, 0.6) is 0 Å². The number of rotatable bonds is 7. The standard InChI is InChI=1S/C27H29ClFN5/c1-18(31-9-12-34-10-2-3-11-34)19-13-20(17-30-16-19)23-15-26(24-14-21(28)6-7-25(24)29)33-27-22(23)5-4-8-32-27/h6-7,13-17,31H,1-5,8-12H2,(H,32,33). The maximum absolute atomic E-state index is 14.7. The van der Waals surface area contributed by atoms with Gasteiger partial charge in [0.05, 0.1) is 5.69 Å². The Hall–Kier alpha value is -2.96. The number of nitrogens with one attached hydrogen (secondary N) is 2. The Kier molecular flexibility index (Phi) is 6.79. The summed E-state index contributed by atoms with van der Waals surface area (Å²) in [7, 11) is 0. The molecule has 1 aromatic carbocycles. The van der Waals surface area contributed by atoms with Gasteiger partial charge in [0, 0.05) is 65.0 Å². The number of likely N-dealkylation sites (tertiary alicyclic amines) is 1. The molecule has 0 unspecified atom stereocenters. The van der Waals surface area contributed by atoms with Crippen LogP contribution in [-0.2, 0) is 6.42 Å². The van der Waals surface area contributed by atoms with E-state index in [9.17, 15) is 4.39 Å². The molecule has 1 saturated heterocycles. The van der Waals surface area contributed by atoms with E-state index in [1.54, 1.807) is 12.1 Å². The maximum atomic E-state index is 14.7. The highest BCUT2D eigenvalue weighted by atomic mass is 35.5. The third-order valence-electron chi connectivity index (χ3n) is 6.59. The van der Waals surface area contributed by atoms with Crippen molar-refractivity contribution < 1.29 is 4.39 Å². The van der Waals surface area contributed by atoms with Crippen molar-refractivity contribution in [3.05, 3.63) is 71.3 Å². The molecule has 3 aromatic rings. The van der Waals surface area contributed by atoms with E-state index in [0.29, 0.717) is 16.3 Å². The molecule has 176 valence electrons. The fourth-order valence-electron chi connectivity index (χ4n) is 4.76. The maximum Gasteiger partial charge on any atom is 0.132 e. The van der Waals surface area contributed by atoms with Gasteiger partial charge in [0.1, 0.15) is 11.6 Å². The highest BCUT2D eigenvalue weighted by Crippen LogP contribution is 2.36. The van der Waals surface area contributed by atoms with Gasteiger partial charge >= 0.3 is 0 Å². The van der Waals surface area contributed by atoms with E-state index in [0.717, 1.165) is 66.2 Å². The number of pyridine rings is 2. The Balaban J connectivity index is 1.45. The smallest absolute Gasteiger partial charge is 0.132 e. The lowest BCUT2D eigenvalue weighted by molar-refractivity contribution is 0.343. The van der Waals surface area contributed by atoms with Crippen molar-refractivity contribution in [3.63, 3.8) is 0 Å². The van der Waals surface area contributed by atoms with Gasteiger partial charge in [-0.2, -0.15) is 0 Å². The molecule has 5 rings (SSSR count). The minimum absolute atomic E-state index is 0.346. The second-order valence-corrected chi connectivity index (χ2v) is 9.39. The second-order valence-electron chi connectivity index (χ2n) is 8.95. The lowest BCUT2D eigenvalue weighted by atomic mass is 9.93. The summed E-state index contributed by atoms with van der Waals surface area (Å²) in [6, 6.07) is 8.60. The predicted molar refractivity (Wildman–Crippen MR) is 137 cm³/mol. The third kappa shape index (κ3) is 4.93.